The van der Waals surface area contributed by atoms with E-state index in [0.29, 0.717) is 0 Å². The lowest BCUT2D eigenvalue weighted by Gasteiger charge is -1.98. The molecule has 0 amide bonds. The maximum atomic E-state index is 10.6. The van der Waals surface area contributed by atoms with E-state index in [9.17, 15) is 30.3 Å². The highest BCUT2D eigenvalue weighted by Gasteiger charge is 2.37. The molecule has 0 aliphatic rings. The van der Waals surface area contributed by atoms with Crippen LogP contribution >= 0.6 is 0 Å². The maximum Gasteiger partial charge on any atom is 0.422 e. The van der Waals surface area contributed by atoms with Crippen molar-refractivity contribution < 1.29 is 14.8 Å². The van der Waals surface area contributed by atoms with Gasteiger partial charge >= 0.3 is 17.1 Å². The summed E-state index contributed by atoms with van der Waals surface area (Å²) >= 11 is 0. The summed E-state index contributed by atoms with van der Waals surface area (Å²) < 4.78 is 0. The third-order valence-electron chi connectivity index (χ3n) is 1.89. The number of rotatable bonds is 3. The van der Waals surface area contributed by atoms with Crippen LogP contribution in [0.25, 0.3) is 0 Å². The highest BCUT2D eigenvalue weighted by atomic mass is 16.6. The molecule has 10 nitrogen and oxygen atoms in total. The van der Waals surface area contributed by atoms with Gasteiger partial charge in [-0.3, -0.25) is 30.3 Å². The normalized spacial score (nSPS) is 9.24. The number of nitro groups is 3. The minimum atomic E-state index is -1.12. The average Bonchev–Trinajstić information content (AvgIpc) is 2.15. The largest absolute Gasteiger partial charge is 0.422 e. The lowest BCUT2D eigenvalue weighted by molar-refractivity contribution is -0.441. The molecule has 0 heterocycles. The van der Waals surface area contributed by atoms with Crippen LogP contribution in [0, 0.1) is 37.3 Å². The van der Waals surface area contributed by atoms with Crippen molar-refractivity contribution in [3.05, 3.63) is 48.0 Å². The Morgan fingerprint density at radius 2 is 1.35 bits per heavy atom. The molecule has 0 radical (unpaired) electrons. The van der Waals surface area contributed by atoms with Crippen molar-refractivity contribution in [1.29, 1.82) is 0 Å². The first-order valence-electron chi connectivity index (χ1n) is 3.93. The Morgan fingerprint density at radius 1 is 0.882 bits per heavy atom. The second-order valence-corrected chi connectivity index (χ2v) is 2.87. The molecule has 0 unspecified atom stereocenters. The fourth-order valence-electron chi connectivity index (χ4n) is 1.23. The molecule has 1 aromatic carbocycles. The molecule has 0 aromatic heterocycles. The van der Waals surface area contributed by atoms with E-state index in [1.54, 1.807) is 0 Å². The molecule has 0 spiro atoms. The molecule has 92 valence electrons. The summed E-state index contributed by atoms with van der Waals surface area (Å²) in [6, 6.07) is 1.98. The summed E-state index contributed by atoms with van der Waals surface area (Å²) in [5, 5.41) is 31.7. The van der Waals surface area contributed by atoms with Crippen molar-refractivity contribution in [3.8, 4) is 0 Å². The molecular formula is C7H8N4O6. The summed E-state index contributed by atoms with van der Waals surface area (Å²) in [5.74, 6) is 0. The van der Waals surface area contributed by atoms with E-state index < -0.39 is 31.8 Å². The lowest BCUT2D eigenvalue weighted by Crippen LogP contribution is -2.02. The Kier molecular flexibility index (Phi) is 4.18. The van der Waals surface area contributed by atoms with Crippen LogP contribution in [0.2, 0.25) is 0 Å². The van der Waals surface area contributed by atoms with Gasteiger partial charge in [-0.15, -0.1) is 0 Å². The van der Waals surface area contributed by atoms with Crippen LogP contribution in [0.4, 0.5) is 17.1 Å². The SMILES string of the molecule is Cc1ccc([N+](=O)[O-])c([N+](=O)[O-])c1[N+](=O)[O-].N. The van der Waals surface area contributed by atoms with Crippen molar-refractivity contribution >= 4 is 17.1 Å². The summed E-state index contributed by atoms with van der Waals surface area (Å²) in [4.78, 5) is 28.5. The Morgan fingerprint density at radius 3 is 1.71 bits per heavy atom. The highest BCUT2D eigenvalue weighted by molar-refractivity contribution is 5.68. The molecule has 0 atom stereocenters. The molecule has 0 saturated heterocycles. The molecule has 1 rings (SSSR count). The van der Waals surface area contributed by atoms with Gasteiger partial charge in [0.25, 0.3) is 0 Å². The molecular weight excluding hydrogens is 236 g/mol. The van der Waals surface area contributed by atoms with Gasteiger partial charge in [-0.1, -0.05) is 0 Å². The van der Waals surface area contributed by atoms with Crippen molar-refractivity contribution in [1.82, 2.24) is 6.15 Å². The first-order valence-corrected chi connectivity index (χ1v) is 3.93. The zero-order valence-electron chi connectivity index (χ0n) is 8.65. The highest BCUT2D eigenvalue weighted by Crippen LogP contribution is 2.38. The predicted octanol–water partition coefficient (Wildman–Crippen LogP) is 1.88. The van der Waals surface area contributed by atoms with Crippen molar-refractivity contribution in [2.75, 3.05) is 0 Å². The summed E-state index contributed by atoms with van der Waals surface area (Å²) in [5.41, 5.74) is -2.82. The zero-order chi connectivity index (χ0) is 12.5. The molecule has 0 aliphatic heterocycles. The zero-order valence-corrected chi connectivity index (χ0v) is 8.65. The number of benzene rings is 1. The Balaban J connectivity index is 0.00000256. The Labute approximate surface area is 93.9 Å². The second-order valence-electron chi connectivity index (χ2n) is 2.87. The van der Waals surface area contributed by atoms with Crippen LogP contribution in [0.3, 0.4) is 0 Å². The molecule has 17 heavy (non-hydrogen) atoms. The molecule has 1 aromatic rings. The van der Waals surface area contributed by atoms with Crippen molar-refractivity contribution in [3.63, 3.8) is 0 Å². The number of nitrogens with zero attached hydrogens (tertiary/aromatic N) is 3. The average molecular weight is 244 g/mol. The van der Waals surface area contributed by atoms with E-state index in [-0.39, 0.29) is 11.7 Å². The van der Waals surface area contributed by atoms with Gasteiger partial charge < -0.3 is 6.15 Å². The molecule has 0 fully saturated rings. The minimum absolute atomic E-state index is 0. The van der Waals surface area contributed by atoms with Gasteiger partial charge in [-0.05, 0) is 13.0 Å². The summed E-state index contributed by atoms with van der Waals surface area (Å²) in [6.45, 7) is 1.27. The molecule has 0 bridgehead atoms. The topological polar surface area (TPSA) is 164 Å². The lowest BCUT2D eigenvalue weighted by atomic mass is 10.1. The van der Waals surface area contributed by atoms with E-state index in [1.165, 1.54) is 6.92 Å². The fraction of sp³-hybridized carbons (Fsp3) is 0.143. The Hall–Kier alpha value is -2.62. The smallest absolute Gasteiger partial charge is 0.344 e. The third kappa shape index (κ3) is 2.49. The third-order valence-corrected chi connectivity index (χ3v) is 1.89. The van der Waals surface area contributed by atoms with E-state index in [4.69, 9.17) is 0 Å². The van der Waals surface area contributed by atoms with Gasteiger partial charge in [0.2, 0.25) is 0 Å². The van der Waals surface area contributed by atoms with E-state index in [1.807, 2.05) is 0 Å². The first kappa shape index (κ1) is 14.4. The minimum Gasteiger partial charge on any atom is -0.344 e. The van der Waals surface area contributed by atoms with Gasteiger partial charge in [0, 0.05) is 11.6 Å². The van der Waals surface area contributed by atoms with Crippen LogP contribution < -0.4 is 6.15 Å². The standard InChI is InChI=1S/C7H5N3O6.H3N/c1-4-2-3-5(8(11)12)7(10(15)16)6(4)9(13)14;/h2-3H,1H3;1H3. The van der Waals surface area contributed by atoms with Crippen LogP contribution in [0.1, 0.15) is 5.56 Å². The fourth-order valence-corrected chi connectivity index (χ4v) is 1.23. The van der Waals surface area contributed by atoms with E-state index >= 15 is 0 Å². The maximum absolute atomic E-state index is 10.6. The number of aryl methyl sites for hydroxylation is 1. The molecule has 0 aliphatic carbocycles. The van der Waals surface area contributed by atoms with Gasteiger partial charge in [-0.2, -0.15) is 0 Å². The Bertz CT molecular complexity index is 499. The van der Waals surface area contributed by atoms with Gasteiger partial charge in [0.15, 0.2) is 0 Å². The van der Waals surface area contributed by atoms with Crippen LogP contribution in [-0.2, 0) is 0 Å². The van der Waals surface area contributed by atoms with Crippen LogP contribution in [0.5, 0.6) is 0 Å². The van der Waals surface area contributed by atoms with Gasteiger partial charge in [-0.25, -0.2) is 0 Å². The quantitative estimate of drug-likeness (QED) is 0.625. The van der Waals surface area contributed by atoms with Crippen LogP contribution in [0.15, 0.2) is 12.1 Å². The summed E-state index contributed by atoms with van der Waals surface area (Å²) in [7, 11) is 0. The van der Waals surface area contributed by atoms with E-state index in [0.717, 1.165) is 12.1 Å². The van der Waals surface area contributed by atoms with Gasteiger partial charge in [0.1, 0.15) is 0 Å². The first-order chi connectivity index (χ1) is 7.36. The molecule has 10 heteroatoms. The summed E-state index contributed by atoms with van der Waals surface area (Å²) in [6.07, 6.45) is 0. The predicted molar refractivity (Wildman–Crippen MR) is 56.2 cm³/mol. The van der Waals surface area contributed by atoms with Crippen LogP contribution in [-0.4, -0.2) is 14.8 Å². The monoisotopic (exact) mass is 244 g/mol. The van der Waals surface area contributed by atoms with Crippen molar-refractivity contribution in [2.45, 2.75) is 6.92 Å². The number of nitro benzene ring substituents is 3. The van der Waals surface area contributed by atoms with E-state index in [2.05, 4.69) is 0 Å². The number of hydrogen-bond donors (Lipinski definition) is 1. The molecule has 0 saturated carbocycles. The van der Waals surface area contributed by atoms with Gasteiger partial charge in [0.05, 0.1) is 14.8 Å². The van der Waals surface area contributed by atoms with Crippen molar-refractivity contribution in [2.24, 2.45) is 0 Å². The molecule has 3 N–H and O–H groups in total. The number of hydrogen-bond acceptors (Lipinski definition) is 7. The second kappa shape index (κ2) is 4.94.